The molecular formula is C16H14Cl2N6O4. The van der Waals surface area contributed by atoms with Crippen molar-refractivity contribution in [3.05, 3.63) is 62.5 Å². The normalized spacial score (nSPS) is 10.7. The average Bonchev–Trinajstić information content (AvgIpc) is 3.24. The summed E-state index contributed by atoms with van der Waals surface area (Å²) < 4.78 is 7.58. The van der Waals surface area contributed by atoms with Crippen molar-refractivity contribution < 1.29 is 14.5 Å². The van der Waals surface area contributed by atoms with Gasteiger partial charge in [-0.15, -0.1) is 5.10 Å². The highest BCUT2D eigenvalue weighted by atomic mass is 35.5. The molecule has 0 atom stereocenters. The number of anilines is 1. The first kappa shape index (κ1) is 19.6. The van der Waals surface area contributed by atoms with Gasteiger partial charge in [0.1, 0.15) is 12.7 Å². The van der Waals surface area contributed by atoms with Crippen LogP contribution in [0.15, 0.2) is 36.8 Å². The molecule has 2 aromatic heterocycles. The van der Waals surface area contributed by atoms with Crippen LogP contribution in [0.3, 0.4) is 0 Å². The summed E-state index contributed by atoms with van der Waals surface area (Å²) in [6.45, 7) is 0.220. The molecule has 1 N–H and O–H groups in total. The molecule has 0 bridgehead atoms. The van der Waals surface area contributed by atoms with Gasteiger partial charge in [0.05, 0.1) is 40.5 Å². The van der Waals surface area contributed by atoms with Crippen molar-refractivity contribution >= 4 is 40.5 Å². The summed E-state index contributed by atoms with van der Waals surface area (Å²) in [6, 6.07) is 5.26. The average molecular weight is 425 g/mol. The van der Waals surface area contributed by atoms with E-state index in [2.05, 4.69) is 15.5 Å². The molecule has 0 fully saturated rings. The minimum Gasteiger partial charge on any atom is -0.475 e. The number of aromatic nitrogens is 4. The summed E-state index contributed by atoms with van der Waals surface area (Å²) in [7, 11) is 1.27. The highest BCUT2D eigenvalue weighted by Crippen LogP contribution is 2.24. The zero-order valence-electron chi connectivity index (χ0n) is 14.5. The van der Waals surface area contributed by atoms with Crippen LogP contribution in [0.1, 0.15) is 5.56 Å². The van der Waals surface area contributed by atoms with E-state index in [1.807, 2.05) is 6.07 Å². The van der Waals surface area contributed by atoms with Gasteiger partial charge in [0.25, 0.3) is 0 Å². The lowest BCUT2D eigenvalue weighted by molar-refractivity contribution is -0.385. The van der Waals surface area contributed by atoms with Gasteiger partial charge in [-0.2, -0.15) is 5.10 Å². The number of nitrogens with one attached hydrogen (secondary N) is 1. The Kier molecular flexibility index (Phi) is 5.81. The van der Waals surface area contributed by atoms with E-state index in [1.54, 1.807) is 23.0 Å². The van der Waals surface area contributed by atoms with Gasteiger partial charge in [-0.1, -0.05) is 29.3 Å². The first-order chi connectivity index (χ1) is 13.4. The molecule has 0 radical (unpaired) electrons. The smallest absolute Gasteiger partial charge is 0.350 e. The third-order valence-electron chi connectivity index (χ3n) is 3.65. The van der Waals surface area contributed by atoms with E-state index in [1.165, 1.54) is 13.3 Å². The molecule has 0 aliphatic carbocycles. The van der Waals surface area contributed by atoms with Gasteiger partial charge >= 0.3 is 11.6 Å². The minimum absolute atomic E-state index is 0.160. The van der Waals surface area contributed by atoms with Crippen molar-refractivity contribution in [3.8, 4) is 5.88 Å². The second kappa shape index (κ2) is 8.28. The van der Waals surface area contributed by atoms with Gasteiger partial charge in [0, 0.05) is 6.20 Å². The van der Waals surface area contributed by atoms with E-state index in [0.29, 0.717) is 22.3 Å². The maximum absolute atomic E-state index is 12.2. The number of methoxy groups -OCH3 is 1. The van der Waals surface area contributed by atoms with E-state index < -0.39 is 10.8 Å². The number of rotatable bonds is 7. The molecule has 3 rings (SSSR count). The molecular weight excluding hydrogens is 411 g/mol. The molecule has 0 spiro atoms. The first-order valence-corrected chi connectivity index (χ1v) is 8.63. The molecule has 28 heavy (non-hydrogen) atoms. The van der Waals surface area contributed by atoms with Gasteiger partial charge in [-0.3, -0.25) is 24.3 Å². The maximum atomic E-state index is 12.2. The molecule has 0 aliphatic heterocycles. The van der Waals surface area contributed by atoms with Crippen molar-refractivity contribution in [3.63, 3.8) is 0 Å². The molecule has 12 heteroatoms. The number of benzene rings is 1. The number of halogens is 2. The van der Waals surface area contributed by atoms with Crippen LogP contribution in [-0.4, -0.2) is 37.5 Å². The summed E-state index contributed by atoms with van der Waals surface area (Å²) >= 11 is 11.9. The Bertz CT molecular complexity index is 1030. The number of carbonyl (C=O) groups is 1. The van der Waals surface area contributed by atoms with Gasteiger partial charge < -0.3 is 10.1 Å². The Morgan fingerprint density at radius 1 is 1.29 bits per heavy atom. The molecule has 10 nitrogen and oxygen atoms in total. The molecule has 3 aromatic rings. The van der Waals surface area contributed by atoms with Crippen LogP contribution in [0.5, 0.6) is 5.88 Å². The van der Waals surface area contributed by atoms with Gasteiger partial charge in [0.15, 0.2) is 0 Å². The van der Waals surface area contributed by atoms with Crippen LogP contribution in [0.4, 0.5) is 11.4 Å². The fraction of sp³-hybridized carbons (Fsp3) is 0.188. The Hall–Kier alpha value is -3.11. The molecule has 2 heterocycles. The quantitative estimate of drug-likeness (QED) is 0.460. The van der Waals surface area contributed by atoms with Crippen LogP contribution in [-0.2, 0) is 17.9 Å². The topological polar surface area (TPSA) is 117 Å². The first-order valence-electron chi connectivity index (χ1n) is 7.88. The highest BCUT2D eigenvalue weighted by Gasteiger charge is 2.21. The van der Waals surface area contributed by atoms with E-state index >= 15 is 0 Å². The van der Waals surface area contributed by atoms with Crippen molar-refractivity contribution in [1.29, 1.82) is 0 Å². The summed E-state index contributed by atoms with van der Waals surface area (Å²) in [5, 5.41) is 22.5. The van der Waals surface area contributed by atoms with Crippen LogP contribution in [0.25, 0.3) is 0 Å². The molecule has 146 valence electrons. The number of hydrogen-bond acceptors (Lipinski definition) is 6. The minimum atomic E-state index is -0.632. The lowest BCUT2D eigenvalue weighted by Crippen LogP contribution is -2.18. The van der Waals surface area contributed by atoms with Crippen molar-refractivity contribution in [1.82, 2.24) is 19.6 Å². The SMILES string of the molecule is COc1nn(CC(=O)Nc2cnn(Cc3ccc(Cl)c(Cl)c3)c2)cc1[N+](=O)[O-]. The zero-order chi connectivity index (χ0) is 20.3. The number of carbonyl (C=O) groups excluding carboxylic acids is 1. The number of nitrogens with zero attached hydrogens (tertiary/aromatic N) is 5. The monoisotopic (exact) mass is 424 g/mol. The Balaban J connectivity index is 1.62. The predicted octanol–water partition coefficient (Wildman–Crippen LogP) is 2.99. The van der Waals surface area contributed by atoms with E-state index in [4.69, 9.17) is 27.9 Å². The van der Waals surface area contributed by atoms with Gasteiger partial charge in [0.2, 0.25) is 5.91 Å². The lowest BCUT2D eigenvalue weighted by atomic mass is 10.2. The third kappa shape index (κ3) is 4.59. The van der Waals surface area contributed by atoms with E-state index in [9.17, 15) is 14.9 Å². The molecule has 0 unspecified atom stereocenters. The van der Waals surface area contributed by atoms with Crippen LogP contribution >= 0.6 is 23.2 Å². The fourth-order valence-electron chi connectivity index (χ4n) is 2.43. The standard InChI is InChI=1S/C16H14Cl2N6O4/c1-28-16-14(24(26)27)8-23(21-16)9-15(25)20-11-5-19-22(7-11)6-10-2-3-12(17)13(18)4-10/h2-5,7-8H,6,9H2,1H3,(H,20,25). The molecule has 0 aliphatic rings. The van der Waals surface area contributed by atoms with Gasteiger partial charge in [-0.05, 0) is 17.7 Å². The Morgan fingerprint density at radius 3 is 2.71 bits per heavy atom. The Labute approximate surface area is 168 Å². The molecule has 0 saturated carbocycles. The van der Waals surface area contributed by atoms with E-state index in [-0.39, 0.29) is 18.1 Å². The Morgan fingerprint density at radius 2 is 2.07 bits per heavy atom. The second-order valence-electron chi connectivity index (χ2n) is 5.70. The zero-order valence-corrected chi connectivity index (χ0v) is 16.0. The highest BCUT2D eigenvalue weighted by molar-refractivity contribution is 6.42. The van der Waals surface area contributed by atoms with Crippen molar-refractivity contribution in [2.75, 3.05) is 12.4 Å². The van der Waals surface area contributed by atoms with Crippen LogP contribution in [0, 0.1) is 10.1 Å². The molecule has 1 amide bonds. The van der Waals surface area contributed by atoms with Crippen molar-refractivity contribution in [2.45, 2.75) is 13.1 Å². The molecule has 0 saturated heterocycles. The maximum Gasteiger partial charge on any atom is 0.350 e. The summed E-state index contributed by atoms with van der Waals surface area (Å²) in [5.41, 5.74) is 1.05. The fourth-order valence-corrected chi connectivity index (χ4v) is 2.75. The summed E-state index contributed by atoms with van der Waals surface area (Å²) in [5.74, 6) is -0.582. The van der Waals surface area contributed by atoms with Gasteiger partial charge in [-0.25, -0.2) is 0 Å². The van der Waals surface area contributed by atoms with Crippen molar-refractivity contribution in [2.24, 2.45) is 0 Å². The van der Waals surface area contributed by atoms with Crippen LogP contribution < -0.4 is 10.1 Å². The number of nitro groups is 1. The lowest BCUT2D eigenvalue weighted by Gasteiger charge is -2.04. The third-order valence-corrected chi connectivity index (χ3v) is 4.39. The predicted molar refractivity (Wildman–Crippen MR) is 102 cm³/mol. The van der Waals surface area contributed by atoms with E-state index in [0.717, 1.165) is 16.4 Å². The molecule has 1 aromatic carbocycles. The summed E-state index contributed by atoms with van der Waals surface area (Å²) in [6.07, 6.45) is 4.26. The van der Waals surface area contributed by atoms with Crippen LogP contribution in [0.2, 0.25) is 10.0 Å². The largest absolute Gasteiger partial charge is 0.475 e. The second-order valence-corrected chi connectivity index (χ2v) is 6.52. The summed E-state index contributed by atoms with van der Waals surface area (Å²) in [4.78, 5) is 22.4. The number of hydrogen-bond donors (Lipinski definition) is 1. The number of ether oxygens (including phenoxy) is 1. The number of amides is 1.